The number of carbonyl (C=O) groups is 2. The van der Waals surface area contributed by atoms with Crippen LogP contribution in [-0.4, -0.2) is 59.6 Å². The van der Waals surface area contributed by atoms with Crippen molar-refractivity contribution >= 4 is 11.8 Å². The molecule has 3 aromatic carbocycles. The molecule has 0 aliphatic rings. The van der Waals surface area contributed by atoms with Crippen molar-refractivity contribution in [1.82, 2.24) is 14.4 Å². The molecule has 2 amide bonds. The van der Waals surface area contributed by atoms with Crippen molar-refractivity contribution in [3.05, 3.63) is 126 Å². The lowest BCUT2D eigenvalue weighted by Crippen LogP contribution is -2.44. The zero-order chi connectivity index (χ0) is 31.1. The Balaban J connectivity index is 1.57. The Morgan fingerprint density at radius 2 is 1.55 bits per heavy atom. The van der Waals surface area contributed by atoms with Gasteiger partial charge < -0.3 is 23.8 Å². The van der Waals surface area contributed by atoms with Gasteiger partial charge in [0.2, 0.25) is 11.8 Å². The smallest absolute Gasteiger partial charge is 0.242 e. The number of hydrogen-bond acceptors (Lipinski definition) is 4. The van der Waals surface area contributed by atoms with Gasteiger partial charge in [0.05, 0.1) is 26.1 Å². The number of hydrogen-bond donors (Lipinski definition) is 0. The molecule has 232 valence electrons. The lowest BCUT2D eigenvalue weighted by molar-refractivity contribution is -0.142. The largest absolute Gasteiger partial charge is 0.497 e. The van der Waals surface area contributed by atoms with E-state index in [4.69, 9.17) is 9.47 Å². The molecule has 0 saturated carbocycles. The maximum absolute atomic E-state index is 14.2. The van der Waals surface area contributed by atoms with Crippen molar-refractivity contribution in [3.8, 4) is 5.75 Å². The van der Waals surface area contributed by atoms with Crippen LogP contribution in [0.3, 0.4) is 0 Å². The monoisotopic (exact) mass is 595 g/mol. The van der Waals surface area contributed by atoms with Gasteiger partial charge in [-0.2, -0.15) is 0 Å². The Kier molecular flexibility index (Phi) is 12.6. The first kappa shape index (κ1) is 32.6. The average Bonchev–Trinajstić information content (AvgIpc) is 3.49. The Hall–Kier alpha value is -4.36. The fourth-order valence-corrected chi connectivity index (χ4v) is 5.44. The fraction of sp³-hybridized carbons (Fsp3) is 0.351. The minimum atomic E-state index is -0.307. The first-order valence-electron chi connectivity index (χ1n) is 15.5. The van der Waals surface area contributed by atoms with Gasteiger partial charge in [0.15, 0.2) is 0 Å². The summed E-state index contributed by atoms with van der Waals surface area (Å²) in [5.41, 5.74) is 4.14. The van der Waals surface area contributed by atoms with Crippen molar-refractivity contribution in [2.75, 3.05) is 33.4 Å². The number of carbonyl (C=O) groups excluding carboxylic acids is 2. The third-order valence-corrected chi connectivity index (χ3v) is 7.80. The van der Waals surface area contributed by atoms with Gasteiger partial charge in [-0.15, -0.1) is 0 Å². The number of aromatic nitrogens is 1. The molecule has 7 nitrogen and oxygen atoms in total. The highest BCUT2D eigenvalue weighted by molar-refractivity contribution is 5.88. The highest BCUT2D eigenvalue weighted by Gasteiger charge is 2.28. The highest BCUT2D eigenvalue weighted by atomic mass is 16.5. The normalized spacial score (nSPS) is 11.6. The van der Waals surface area contributed by atoms with Crippen molar-refractivity contribution in [1.29, 1.82) is 0 Å². The summed E-state index contributed by atoms with van der Waals surface area (Å²) in [5, 5.41) is 0. The molecule has 1 atom stereocenters. The van der Waals surface area contributed by atoms with Gasteiger partial charge >= 0.3 is 0 Å². The van der Waals surface area contributed by atoms with Gasteiger partial charge in [-0.05, 0) is 60.7 Å². The van der Waals surface area contributed by atoms with Crippen LogP contribution < -0.4 is 4.74 Å². The van der Waals surface area contributed by atoms with Gasteiger partial charge in [0.1, 0.15) is 5.75 Å². The summed E-state index contributed by atoms with van der Waals surface area (Å²) in [5.74, 6) is 0.395. The maximum Gasteiger partial charge on any atom is 0.242 e. The molecule has 0 fully saturated rings. The van der Waals surface area contributed by atoms with Crippen LogP contribution in [-0.2, 0) is 34.0 Å². The predicted molar refractivity (Wildman–Crippen MR) is 174 cm³/mol. The van der Waals surface area contributed by atoms with Crippen LogP contribution in [0.25, 0.3) is 0 Å². The molecular formula is C37H45N3O4. The zero-order valence-corrected chi connectivity index (χ0v) is 26.2. The number of nitrogens with zero attached hydrogens (tertiary/aromatic N) is 3. The van der Waals surface area contributed by atoms with Gasteiger partial charge in [0.25, 0.3) is 0 Å². The number of benzene rings is 3. The van der Waals surface area contributed by atoms with Crippen LogP contribution >= 0.6 is 0 Å². The second-order valence-electron chi connectivity index (χ2n) is 10.9. The molecule has 4 rings (SSSR count). The number of methoxy groups -OCH3 is 1. The summed E-state index contributed by atoms with van der Waals surface area (Å²) in [6, 6.07) is 31.9. The minimum Gasteiger partial charge on any atom is -0.497 e. The molecule has 0 bridgehead atoms. The summed E-state index contributed by atoms with van der Waals surface area (Å²) in [4.78, 5) is 31.7. The predicted octanol–water partition coefficient (Wildman–Crippen LogP) is 6.52. The van der Waals surface area contributed by atoms with E-state index in [1.165, 1.54) is 0 Å². The molecular weight excluding hydrogens is 550 g/mol. The number of rotatable bonds is 17. The Morgan fingerprint density at radius 1 is 0.818 bits per heavy atom. The SMILES string of the molecule is CCOCCCN(CC(=O)N(Cc1ccccc1)Cc1cccn1Cc1cccc(OC)c1)C(=O)C(CC)c1ccccc1. The Bertz CT molecular complexity index is 1440. The molecule has 0 aliphatic heterocycles. The molecule has 1 heterocycles. The quantitative estimate of drug-likeness (QED) is 0.130. The van der Waals surface area contributed by atoms with Crippen LogP contribution in [0.1, 0.15) is 55.0 Å². The molecule has 0 aliphatic carbocycles. The molecule has 7 heteroatoms. The van der Waals surface area contributed by atoms with Crippen molar-refractivity contribution in [2.45, 2.75) is 52.2 Å². The standard InChI is InChI=1S/C37H45N3O4/c1-4-35(32-18-10-7-11-19-32)37(42)39(23-14-24-44-5-2)29-36(41)40(26-30-15-8-6-9-16-30)28-33-20-13-22-38(33)27-31-17-12-21-34(25-31)43-3/h6-13,15-22,25,35H,4-5,14,23-24,26-29H2,1-3H3. The minimum absolute atomic E-state index is 0.0116. The van der Waals surface area contributed by atoms with Crippen LogP contribution in [0, 0.1) is 0 Å². The van der Waals surface area contributed by atoms with E-state index in [0.29, 0.717) is 52.2 Å². The number of amides is 2. The summed E-state index contributed by atoms with van der Waals surface area (Å²) < 4.78 is 13.1. The molecule has 44 heavy (non-hydrogen) atoms. The van der Waals surface area contributed by atoms with E-state index in [-0.39, 0.29) is 24.3 Å². The summed E-state index contributed by atoms with van der Waals surface area (Å²) in [7, 11) is 1.67. The lowest BCUT2D eigenvalue weighted by atomic mass is 9.95. The lowest BCUT2D eigenvalue weighted by Gasteiger charge is -2.30. The molecule has 0 radical (unpaired) electrons. The topological polar surface area (TPSA) is 64.0 Å². The number of ether oxygens (including phenoxy) is 2. The highest BCUT2D eigenvalue weighted by Crippen LogP contribution is 2.23. The molecule has 1 aromatic heterocycles. The van der Waals surface area contributed by atoms with Crippen LogP contribution in [0.2, 0.25) is 0 Å². The third kappa shape index (κ3) is 9.32. The van der Waals surface area contributed by atoms with Gasteiger partial charge in [-0.1, -0.05) is 79.7 Å². The van der Waals surface area contributed by atoms with E-state index in [9.17, 15) is 9.59 Å². The first-order valence-corrected chi connectivity index (χ1v) is 15.5. The Morgan fingerprint density at radius 3 is 2.25 bits per heavy atom. The van der Waals surface area contributed by atoms with E-state index < -0.39 is 0 Å². The van der Waals surface area contributed by atoms with E-state index in [0.717, 1.165) is 28.1 Å². The van der Waals surface area contributed by atoms with Crippen LogP contribution in [0.15, 0.2) is 103 Å². The van der Waals surface area contributed by atoms with Gasteiger partial charge in [-0.25, -0.2) is 0 Å². The molecule has 0 N–H and O–H groups in total. The summed E-state index contributed by atoms with van der Waals surface area (Å²) >= 11 is 0. The van der Waals surface area contributed by atoms with Crippen LogP contribution in [0.4, 0.5) is 0 Å². The van der Waals surface area contributed by atoms with Crippen LogP contribution in [0.5, 0.6) is 5.75 Å². The molecule has 0 spiro atoms. The molecule has 0 saturated heterocycles. The third-order valence-electron chi connectivity index (χ3n) is 7.80. The van der Waals surface area contributed by atoms with Gasteiger partial charge in [-0.3, -0.25) is 9.59 Å². The summed E-state index contributed by atoms with van der Waals surface area (Å²) in [6.45, 7) is 7.13. The fourth-order valence-electron chi connectivity index (χ4n) is 5.44. The Labute approximate surface area is 262 Å². The van der Waals surface area contributed by atoms with E-state index in [1.54, 1.807) is 12.0 Å². The van der Waals surface area contributed by atoms with Gasteiger partial charge in [0, 0.05) is 44.7 Å². The van der Waals surface area contributed by atoms with E-state index in [2.05, 4.69) is 16.7 Å². The first-order chi connectivity index (χ1) is 21.5. The molecule has 4 aromatic rings. The molecule has 1 unspecified atom stereocenters. The summed E-state index contributed by atoms with van der Waals surface area (Å²) in [6.07, 6.45) is 3.36. The maximum atomic E-state index is 14.2. The second kappa shape index (κ2) is 17.1. The van der Waals surface area contributed by atoms with E-state index >= 15 is 0 Å². The van der Waals surface area contributed by atoms with Crippen molar-refractivity contribution in [2.24, 2.45) is 0 Å². The van der Waals surface area contributed by atoms with Crippen molar-refractivity contribution in [3.63, 3.8) is 0 Å². The van der Waals surface area contributed by atoms with E-state index in [1.807, 2.05) is 110 Å². The van der Waals surface area contributed by atoms with Crippen molar-refractivity contribution < 1.29 is 19.1 Å². The second-order valence-corrected chi connectivity index (χ2v) is 10.9. The zero-order valence-electron chi connectivity index (χ0n) is 26.2. The average molecular weight is 596 g/mol.